The second kappa shape index (κ2) is 5.65. The average molecular weight is 232 g/mol. The smallest absolute Gasteiger partial charge is 0.0488 e. The minimum absolute atomic E-state index is 0.317. The van der Waals surface area contributed by atoms with E-state index in [1.807, 2.05) is 0 Å². The third kappa shape index (κ3) is 3.08. The van der Waals surface area contributed by atoms with E-state index >= 15 is 0 Å². The van der Waals surface area contributed by atoms with E-state index in [-0.39, 0.29) is 0 Å². The number of hydrogen-bond donors (Lipinski definition) is 2. The molecule has 1 aromatic rings. The van der Waals surface area contributed by atoms with E-state index in [9.17, 15) is 0 Å². The molecule has 2 rings (SSSR count). The highest BCUT2D eigenvalue weighted by Gasteiger charge is 2.26. The van der Waals surface area contributed by atoms with Gasteiger partial charge in [0.1, 0.15) is 0 Å². The quantitative estimate of drug-likeness (QED) is 0.619. The van der Waals surface area contributed by atoms with Crippen LogP contribution in [0.3, 0.4) is 0 Å². The van der Waals surface area contributed by atoms with Gasteiger partial charge in [0.25, 0.3) is 0 Å². The van der Waals surface area contributed by atoms with Crippen LogP contribution in [0.15, 0.2) is 24.3 Å². The van der Waals surface area contributed by atoms with Gasteiger partial charge in [0, 0.05) is 6.04 Å². The highest BCUT2D eigenvalue weighted by molar-refractivity contribution is 5.25. The summed E-state index contributed by atoms with van der Waals surface area (Å²) in [5.41, 5.74) is 5.69. The van der Waals surface area contributed by atoms with Crippen molar-refractivity contribution in [1.82, 2.24) is 5.43 Å². The van der Waals surface area contributed by atoms with Gasteiger partial charge in [0.05, 0.1) is 0 Å². The lowest BCUT2D eigenvalue weighted by atomic mass is 9.77. The third-order valence-electron chi connectivity index (χ3n) is 4.03. The fraction of sp³-hybridized carbons (Fsp3) is 0.600. The summed E-state index contributed by atoms with van der Waals surface area (Å²) in [6, 6.07) is 9.03. The van der Waals surface area contributed by atoms with E-state index in [0.717, 1.165) is 5.92 Å². The first-order valence-electron chi connectivity index (χ1n) is 6.73. The molecular formula is C15H24N2. The van der Waals surface area contributed by atoms with Crippen LogP contribution in [0, 0.1) is 18.8 Å². The molecule has 1 saturated carbocycles. The largest absolute Gasteiger partial charge is 0.271 e. The van der Waals surface area contributed by atoms with Crippen molar-refractivity contribution < 1.29 is 0 Å². The fourth-order valence-corrected chi connectivity index (χ4v) is 3.15. The second-order valence-corrected chi connectivity index (χ2v) is 5.59. The van der Waals surface area contributed by atoms with Gasteiger partial charge in [-0.2, -0.15) is 0 Å². The predicted molar refractivity (Wildman–Crippen MR) is 72.4 cm³/mol. The van der Waals surface area contributed by atoms with Gasteiger partial charge in [0.15, 0.2) is 0 Å². The van der Waals surface area contributed by atoms with Crippen molar-refractivity contribution in [2.24, 2.45) is 17.7 Å². The highest BCUT2D eigenvalue weighted by atomic mass is 15.2. The van der Waals surface area contributed by atoms with E-state index in [4.69, 9.17) is 5.84 Å². The van der Waals surface area contributed by atoms with Crippen LogP contribution in [0.25, 0.3) is 0 Å². The minimum atomic E-state index is 0.317. The number of nitrogens with one attached hydrogen (secondary N) is 1. The summed E-state index contributed by atoms with van der Waals surface area (Å²) in [5, 5.41) is 0. The molecule has 0 aliphatic heterocycles. The average Bonchev–Trinajstić information content (AvgIpc) is 2.30. The Balaban J connectivity index is 2.15. The summed E-state index contributed by atoms with van der Waals surface area (Å²) in [4.78, 5) is 0. The van der Waals surface area contributed by atoms with E-state index in [0.29, 0.717) is 12.0 Å². The lowest BCUT2D eigenvalue weighted by molar-refractivity contribution is 0.224. The molecule has 0 bridgehead atoms. The Bertz CT molecular complexity index is 362. The normalized spacial score (nSPS) is 26.8. The van der Waals surface area contributed by atoms with E-state index in [1.165, 1.54) is 36.8 Å². The van der Waals surface area contributed by atoms with Gasteiger partial charge in [-0.3, -0.25) is 11.3 Å². The van der Waals surface area contributed by atoms with Crippen molar-refractivity contribution >= 4 is 0 Å². The van der Waals surface area contributed by atoms with Crippen LogP contribution in [0.5, 0.6) is 0 Å². The Morgan fingerprint density at radius 2 is 2.18 bits per heavy atom. The molecule has 3 N–H and O–H groups in total. The molecule has 1 fully saturated rings. The molecule has 1 aromatic carbocycles. The van der Waals surface area contributed by atoms with E-state index in [1.54, 1.807) is 0 Å². The zero-order chi connectivity index (χ0) is 12.3. The topological polar surface area (TPSA) is 38.0 Å². The minimum Gasteiger partial charge on any atom is -0.271 e. The monoisotopic (exact) mass is 232 g/mol. The molecule has 0 spiro atoms. The summed E-state index contributed by atoms with van der Waals surface area (Å²) in [6.45, 7) is 4.50. The van der Waals surface area contributed by atoms with Crippen LogP contribution >= 0.6 is 0 Å². The van der Waals surface area contributed by atoms with E-state index in [2.05, 4.69) is 43.5 Å². The first-order chi connectivity index (χ1) is 8.20. The standard InChI is InChI=1S/C15H24N2/c1-11-5-3-7-13(9-11)15(17-16)14-8-4-6-12(2)10-14/h3,5,7,9,12,14-15,17H,4,6,8,10,16H2,1-2H3. The summed E-state index contributed by atoms with van der Waals surface area (Å²) in [7, 11) is 0. The lowest BCUT2D eigenvalue weighted by Crippen LogP contribution is -2.35. The van der Waals surface area contributed by atoms with Gasteiger partial charge in [-0.15, -0.1) is 0 Å². The number of benzene rings is 1. The molecule has 2 nitrogen and oxygen atoms in total. The van der Waals surface area contributed by atoms with Gasteiger partial charge in [-0.25, -0.2) is 0 Å². The molecule has 0 saturated heterocycles. The van der Waals surface area contributed by atoms with Crippen molar-refractivity contribution in [3.05, 3.63) is 35.4 Å². The Kier molecular flexibility index (Phi) is 4.19. The summed E-state index contributed by atoms with van der Waals surface area (Å²) < 4.78 is 0. The van der Waals surface area contributed by atoms with Crippen LogP contribution in [0.4, 0.5) is 0 Å². The number of aryl methyl sites for hydroxylation is 1. The van der Waals surface area contributed by atoms with Crippen molar-refractivity contribution in [3.8, 4) is 0 Å². The molecule has 0 aromatic heterocycles. The van der Waals surface area contributed by atoms with Crippen molar-refractivity contribution in [1.29, 1.82) is 0 Å². The van der Waals surface area contributed by atoms with Crippen molar-refractivity contribution in [2.75, 3.05) is 0 Å². The fourth-order valence-electron chi connectivity index (χ4n) is 3.15. The van der Waals surface area contributed by atoms with Gasteiger partial charge >= 0.3 is 0 Å². The Morgan fingerprint density at radius 3 is 2.82 bits per heavy atom. The van der Waals surface area contributed by atoms with E-state index < -0.39 is 0 Å². The molecule has 17 heavy (non-hydrogen) atoms. The summed E-state index contributed by atoms with van der Waals surface area (Å²) in [6.07, 6.45) is 5.31. The van der Waals surface area contributed by atoms with Crippen molar-refractivity contribution in [3.63, 3.8) is 0 Å². The Hall–Kier alpha value is -0.860. The second-order valence-electron chi connectivity index (χ2n) is 5.59. The van der Waals surface area contributed by atoms with Gasteiger partial charge in [-0.05, 0) is 37.2 Å². The molecule has 2 heteroatoms. The SMILES string of the molecule is Cc1cccc(C(NN)C2CCCC(C)C2)c1. The number of rotatable bonds is 3. The number of hydrogen-bond acceptors (Lipinski definition) is 2. The van der Waals surface area contributed by atoms with Gasteiger partial charge in [0.2, 0.25) is 0 Å². The van der Waals surface area contributed by atoms with Crippen LogP contribution in [-0.4, -0.2) is 0 Å². The van der Waals surface area contributed by atoms with Crippen LogP contribution in [0.2, 0.25) is 0 Å². The summed E-state index contributed by atoms with van der Waals surface area (Å²) >= 11 is 0. The molecule has 0 radical (unpaired) electrons. The van der Waals surface area contributed by atoms with Crippen LogP contribution in [0.1, 0.15) is 49.8 Å². The number of hydrazine groups is 1. The highest BCUT2D eigenvalue weighted by Crippen LogP contribution is 2.36. The molecule has 3 atom stereocenters. The van der Waals surface area contributed by atoms with Gasteiger partial charge in [-0.1, -0.05) is 49.6 Å². The maximum Gasteiger partial charge on any atom is 0.0488 e. The van der Waals surface area contributed by atoms with Gasteiger partial charge < -0.3 is 0 Å². The molecule has 0 heterocycles. The molecule has 1 aliphatic rings. The molecule has 94 valence electrons. The predicted octanol–water partition coefficient (Wildman–Crippen LogP) is 3.33. The maximum absolute atomic E-state index is 5.78. The zero-order valence-electron chi connectivity index (χ0n) is 10.9. The zero-order valence-corrected chi connectivity index (χ0v) is 10.9. The first-order valence-corrected chi connectivity index (χ1v) is 6.73. The Labute approximate surface area is 105 Å². The molecular weight excluding hydrogens is 208 g/mol. The van der Waals surface area contributed by atoms with Crippen molar-refractivity contribution in [2.45, 2.75) is 45.6 Å². The van der Waals surface area contributed by atoms with Crippen LogP contribution in [-0.2, 0) is 0 Å². The number of nitrogens with two attached hydrogens (primary N) is 1. The Morgan fingerprint density at radius 1 is 1.35 bits per heavy atom. The van der Waals surface area contributed by atoms with Crippen LogP contribution < -0.4 is 11.3 Å². The first kappa shape index (κ1) is 12.6. The molecule has 1 aliphatic carbocycles. The third-order valence-corrected chi connectivity index (χ3v) is 4.03. The lowest BCUT2D eigenvalue weighted by Gasteiger charge is -2.33. The molecule has 0 amide bonds. The molecule has 3 unspecified atom stereocenters. The maximum atomic E-state index is 5.78. The summed E-state index contributed by atoms with van der Waals surface area (Å²) in [5.74, 6) is 7.31.